The number of amides is 2. The molecule has 0 bridgehead atoms. The first-order valence-electron chi connectivity index (χ1n) is 12.0. The Hall–Kier alpha value is -5.06. The molecule has 0 saturated carbocycles. The molecule has 10 nitrogen and oxygen atoms in total. The molecule has 0 radical (unpaired) electrons. The largest absolute Gasteiger partial charge is 0.465 e. The average Bonchev–Trinajstić information content (AvgIpc) is 3.35. The molecule has 0 spiro atoms. The predicted molar refractivity (Wildman–Crippen MR) is 140 cm³/mol. The van der Waals surface area contributed by atoms with E-state index in [-0.39, 0.29) is 24.2 Å². The smallest absolute Gasteiger partial charge is 0.407 e. The molecule has 2 heterocycles. The van der Waals surface area contributed by atoms with E-state index in [0.29, 0.717) is 40.7 Å². The molecule has 1 aliphatic heterocycles. The second kappa shape index (κ2) is 10.4. The fraction of sp³-hybridized carbons (Fsp3) is 0.179. The summed E-state index contributed by atoms with van der Waals surface area (Å²) in [5.74, 6) is -1.61. The van der Waals surface area contributed by atoms with Gasteiger partial charge in [-0.1, -0.05) is 36.4 Å². The minimum Gasteiger partial charge on any atom is -0.465 e. The van der Waals surface area contributed by atoms with Gasteiger partial charge in [-0.05, 0) is 52.1 Å². The molecule has 1 aromatic heterocycles. The number of carboxylic acid groups (broad SMARTS) is 1. The van der Waals surface area contributed by atoms with Crippen LogP contribution in [0.15, 0.2) is 60.7 Å². The molecule has 1 aliphatic rings. The first-order chi connectivity index (χ1) is 18.7. The van der Waals surface area contributed by atoms with Crippen LogP contribution in [-0.2, 0) is 29.2 Å². The van der Waals surface area contributed by atoms with Crippen LogP contribution >= 0.6 is 0 Å². The molecule has 198 valence electrons. The number of nitrogens with zero attached hydrogens (tertiary/aromatic N) is 4. The minimum atomic E-state index is -1.27. The summed E-state index contributed by atoms with van der Waals surface area (Å²) in [5.41, 5.74) is 10.1. The minimum absolute atomic E-state index is 0.0417. The first-order valence-corrected chi connectivity index (χ1v) is 12.0. The van der Waals surface area contributed by atoms with Gasteiger partial charge in [-0.15, -0.1) is 0 Å². The molecule has 0 saturated heterocycles. The zero-order chi connectivity index (χ0) is 27.7. The summed E-state index contributed by atoms with van der Waals surface area (Å²) in [6.07, 6.45) is -1.27. The number of hydrogen-bond donors (Lipinski definition) is 2. The van der Waals surface area contributed by atoms with Crippen molar-refractivity contribution >= 4 is 34.8 Å². The topological polar surface area (TPSA) is 139 Å². The summed E-state index contributed by atoms with van der Waals surface area (Å²) >= 11 is 0. The van der Waals surface area contributed by atoms with Crippen molar-refractivity contribution in [1.82, 2.24) is 19.8 Å². The van der Waals surface area contributed by atoms with Crippen molar-refractivity contribution < 1.29 is 28.6 Å². The van der Waals surface area contributed by atoms with E-state index in [1.807, 2.05) is 24.3 Å². The molecule has 3 N–H and O–H groups in total. The summed E-state index contributed by atoms with van der Waals surface area (Å²) in [6, 6.07) is 16.9. The van der Waals surface area contributed by atoms with E-state index in [4.69, 9.17) is 15.6 Å². The van der Waals surface area contributed by atoms with Gasteiger partial charge in [-0.3, -0.25) is 9.59 Å². The van der Waals surface area contributed by atoms with Crippen molar-refractivity contribution in [1.29, 1.82) is 0 Å². The highest BCUT2D eigenvalue weighted by Gasteiger charge is 2.27. The van der Waals surface area contributed by atoms with Crippen LogP contribution in [-0.4, -0.2) is 56.4 Å². The Labute approximate surface area is 222 Å². The zero-order valence-corrected chi connectivity index (χ0v) is 20.9. The van der Waals surface area contributed by atoms with Gasteiger partial charge in [0.25, 0.3) is 5.91 Å². The van der Waals surface area contributed by atoms with Crippen LogP contribution in [0.25, 0.3) is 22.0 Å². The van der Waals surface area contributed by atoms with E-state index in [1.165, 1.54) is 25.2 Å². The molecule has 0 unspecified atom stereocenters. The number of halogens is 1. The van der Waals surface area contributed by atoms with E-state index >= 15 is 0 Å². The highest BCUT2D eigenvalue weighted by atomic mass is 19.1. The Balaban J connectivity index is 1.47. The van der Waals surface area contributed by atoms with Crippen molar-refractivity contribution in [2.75, 3.05) is 19.3 Å². The molecule has 11 heteroatoms. The fourth-order valence-corrected chi connectivity index (χ4v) is 4.51. The number of hydrogen-bond acceptors (Lipinski definition) is 7. The van der Waals surface area contributed by atoms with Crippen LogP contribution in [0.4, 0.5) is 15.1 Å². The molecule has 0 atom stereocenters. The molecule has 0 aliphatic carbocycles. The Kier molecular flexibility index (Phi) is 6.80. The summed E-state index contributed by atoms with van der Waals surface area (Å²) < 4.78 is 19.6. The summed E-state index contributed by atoms with van der Waals surface area (Å²) in [7, 11) is 1.25. The van der Waals surface area contributed by atoms with Crippen LogP contribution in [0.2, 0.25) is 0 Å². The number of anilines is 1. The summed E-state index contributed by atoms with van der Waals surface area (Å²) in [5, 5.41) is 9.39. The quantitative estimate of drug-likeness (QED) is 0.360. The van der Waals surface area contributed by atoms with Gasteiger partial charge in [0.1, 0.15) is 24.7 Å². The van der Waals surface area contributed by atoms with Crippen molar-refractivity contribution in [3.63, 3.8) is 0 Å². The molecule has 4 aromatic rings. The molecule has 3 aromatic carbocycles. The summed E-state index contributed by atoms with van der Waals surface area (Å²) in [4.78, 5) is 47.6. The maximum Gasteiger partial charge on any atom is 0.407 e. The highest BCUT2D eigenvalue weighted by Crippen LogP contribution is 2.31. The van der Waals surface area contributed by atoms with Crippen LogP contribution in [0, 0.1) is 5.82 Å². The zero-order valence-electron chi connectivity index (χ0n) is 20.9. The number of carbonyl (C=O) groups is 3. The molecule has 39 heavy (non-hydrogen) atoms. The van der Waals surface area contributed by atoms with Crippen molar-refractivity contribution in [2.45, 2.75) is 19.7 Å². The standard InChI is InChI=1S/C28H24FN5O5/c1-33(28(37)38)14-24(35)39-15-19-6-8-20(29)11-21(19)16-7-9-23-22(10-16)25(32-27(30)31-23)26(36)34-12-17-4-2-3-5-18(17)13-34/h2-11H,12-15H2,1H3,(H,37,38)(H2,30,31,32). The number of nitrogens with two attached hydrogens (primary N) is 1. The van der Waals surface area contributed by atoms with Gasteiger partial charge in [-0.25, -0.2) is 19.2 Å². The third-order valence-corrected chi connectivity index (χ3v) is 6.51. The second-order valence-corrected chi connectivity index (χ2v) is 9.19. The Morgan fingerprint density at radius 3 is 2.46 bits per heavy atom. The highest BCUT2D eigenvalue weighted by molar-refractivity contribution is 6.06. The predicted octanol–water partition coefficient (Wildman–Crippen LogP) is 3.83. The van der Waals surface area contributed by atoms with Gasteiger partial charge in [0.2, 0.25) is 5.95 Å². The van der Waals surface area contributed by atoms with Gasteiger partial charge in [-0.2, -0.15) is 0 Å². The number of fused-ring (bicyclic) bond motifs is 2. The number of ether oxygens (including phenoxy) is 1. The van der Waals surface area contributed by atoms with Gasteiger partial charge in [0.15, 0.2) is 0 Å². The monoisotopic (exact) mass is 529 g/mol. The Morgan fingerprint density at radius 2 is 1.77 bits per heavy atom. The third kappa shape index (κ3) is 5.33. The SMILES string of the molecule is CN(CC(=O)OCc1ccc(F)cc1-c1ccc2nc(N)nc(C(=O)N3Cc4ccccc4C3)c2c1)C(=O)O. The lowest BCUT2D eigenvalue weighted by atomic mass is 9.97. The first kappa shape index (κ1) is 25.6. The van der Waals surface area contributed by atoms with E-state index in [0.717, 1.165) is 16.0 Å². The van der Waals surface area contributed by atoms with Gasteiger partial charge in [0.05, 0.1) is 5.52 Å². The lowest BCUT2D eigenvalue weighted by Gasteiger charge is -2.17. The maximum absolute atomic E-state index is 14.3. The number of benzene rings is 3. The van der Waals surface area contributed by atoms with Crippen LogP contribution in [0.5, 0.6) is 0 Å². The van der Waals surface area contributed by atoms with E-state index in [1.54, 1.807) is 23.1 Å². The van der Waals surface area contributed by atoms with Gasteiger partial charge >= 0.3 is 12.1 Å². The van der Waals surface area contributed by atoms with E-state index in [2.05, 4.69) is 9.97 Å². The van der Waals surface area contributed by atoms with Crippen molar-refractivity contribution in [2.24, 2.45) is 0 Å². The molecular weight excluding hydrogens is 505 g/mol. The number of carbonyl (C=O) groups excluding carboxylic acids is 2. The number of nitrogen functional groups attached to an aromatic ring is 1. The van der Waals surface area contributed by atoms with Crippen LogP contribution in [0.3, 0.4) is 0 Å². The maximum atomic E-state index is 14.3. The molecular formula is C28H24FN5O5. The van der Waals surface area contributed by atoms with Crippen LogP contribution in [0.1, 0.15) is 27.2 Å². The fourth-order valence-electron chi connectivity index (χ4n) is 4.51. The third-order valence-electron chi connectivity index (χ3n) is 6.51. The molecule has 0 fully saturated rings. The number of rotatable bonds is 6. The Morgan fingerprint density at radius 1 is 1.05 bits per heavy atom. The van der Waals surface area contributed by atoms with E-state index in [9.17, 15) is 18.8 Å². The Bertz CT molecular complexity index is 1600. The number of esters is 1. The number of aromatic nitrogens is 2. The lowest BCUT2D eigenvalue weighted by molar-refractivity contribution is -0.145. The van der Waals surface area contributed by atoms with Gasteiger partial charge in [0, 0.05) is 25.5 Å². The van der Waals surface area contributed by atoms with Crippen LogP contribution < -0.4 is 5.73 Å². The second-order valence-electron chi connectivity index (χ2n) is 9.19. The van der Waals surface area contributed by atoms with Gasteiger partial charge < -0.3 is 25.4 Å². The van der Waals surface area contributed by atoms with E-state index < -0.39 is 24.4 Å². The normalized spacial score (nSPS) is 12.3. The lowest BCUT2D eigenvalue weighted by Crippen LogP contribution is -2.31. The van der Waals surface area contributed by atoms with Crippen molar-refractivity contribution in [3.8, 4) is 11.1 Å². The average molecular weight is 530 g/mol. The number of likely N-dealkylation sites (N-methyl/N-ethyl adjacent to an activating group) is 1. The molecule has 5 rings (SSSR count). The summed E-state index contributed by atoms with van der Waals surface area (Å²) in [6.45, 7) is 0.218. The molecule has 2 amide bonds. The van der Waals surface area contributed by atoms with Crippen molar-refractivity contribution in [3.05, 3.63) is 88.9 Å².